The molecule has 5 rings (SSSR count). The minimum absolute atomic E-state index is 0.0414. The number of ether oxygens (including phenoxy) is 1. The van der Waals surface area contributed by atoms with Crippen LogP contribution in [0.15, 0.2) is 91.5 Å². The third-order valence-corrected chi connectivity index (χ3v) is 7.16. The van der Waals surface area contributed by atoms with E-state index in [-0.39, 0.29) is 23.7 Å². The number of anilines is 1. The van der Waals surface area contributed by atoms with Crippen LogP contribution in [0.2, 0.25) is 0 Å². The minimum atomic E-state index is -1.24. The van der Waals surface area contributed by atoms with E-state index in [1.807, 2.05) is 37.3 Å². The van der Waals surface area contributed by atoms with Crippen LogP contribution in [0, 0.1) is 23.6 Å². The zero-order chi connectivity index (χ0) is 28.4. The van der Waals surface area contributed by atoms with E-state index in [2.05, 4.69) is 11.9 Å². The van der Waals surface area contributed by atoms with Crippen LogP contribution < -0.4 is 10.1 Å². The Hall–Kier alpha value is -4.91. The lowest BCUT2D eigenvalue weighted by Crippen LogP contribution is -2.36. The Morgan fingerprint density at radius 2 is 1.73 bits per heavy atom. The molecule has 1 aliphatic rings. The van der Waals surface area contributed by atoms with Gasteiger partial charge in [0, 0.05) is 23.1 Å². The maximum absolute atomic E-state index is 13.2. The third-order valence-electron chi connectivity index (χ3n) is 7.16. The number of Topliss-reactive ketones (excluding diaryl/α,β-unsaturated/α-hetero) is 1. The van der Waals surface area contributed by atoms with Crippen molar-refractivity contribution in [3.8, 4) is 11.5 Å². The van der Waals surface area contributed by atoms with Crippen molar-refractivity contribution >= 4 is 39.6 Å². The second-order valence-corrected chi connectivity index (χ2v) is 9.99. The summed E-state index contributed by atoms with van der Waals surface area (Å²) in [7, 11) is 0. The summed E-state index contributed by atoms with van der Waals surface area (Å²) in [6.07, 6.45) is 2.10. The van der Waals surface area contributed by atoms with Crippen molar-refractivity contribution in [2.75, 3.05) is 5.32 Å². The summed E-state index contributed by atoms with van der Waals surface area (Å²) in [6, 6.07) is 21.8. The van der Waals surface area contributed by atoms with E-state index in [9.17, 15) is 18.8 Å². The molecule has 200 valence electrons. The van der Waals surface area contributed by atoms with Crippen molar-refractivity contribution in [1.29, 1.82) is 5.41 Å². The van der Waals surface area contributed by atoms with Gasteiger partial charge in [0.05, 0.1) is 5.71 Å². The zero-order valence-electron chi connectivity index (χ0n) is 21.9. The number of hydrogen-bond donors (Lipinski definition) is 2. The van der Waals surface area contributed by atoms with Gasteiger partial charge in [0.2, 0.25) is 5.91 Å². The summed E-state index contributed by atoms with van der Waals surface area (Å²) >= 11 is 0. The van der Waals surface area contributed by atoms with Crippen LogP contribution in [-0.2, 0) is 16.0 Å². The van der Waals surface area contributed by atoms with Crippen molar-refractivity contribution < 1.29 is 23.5 Å². The summed E-state index contributed by atoms with van der Waals surface area (Å²) in [6.45, 7) is 5.44. The zero-order valence-corrected chi connectivity index (χ0v) is 21.9. The molecular weight excluding hydrogens is 507 g/mol. The average molecular weight is 535 g/mol. The van der Waals surface area contributed by atoms with Gasteiger partial charge in [-0.05, 0) is 97.0 Å². The molecule has 4 aromatic carbocycles. The van der Waals surface area contributed by atoms with Crippen LogP contribution in [0.4, 0.5) is 10.1 Å². The van der Waals surface area contributed by atoms with Gasteiger partial charge in [0.15, 0.2) is 11.6 Å². The van der Waals surface area contributed by atoms with E-state index >= 15 is 0 Å². The van der Waals surface area contributed by atoms with Gasteiger partial charge in [-0.25, -0.2) is 4.39 Å². The predicted octanol–water partition coefficient (Wildman–Crippen LogP) is 7.00. The van der Waals surface area contributed by atoms with Crippen LogP contribution in [0.3, 0.4) is 0 Å². The second kappa shape index (κ2) is 10.7. The Labute approximate surface area is 231 Å². The lowest BCUT2D eigenvalue weighted by atomic mass is 9.92. The van der Waals surface area contributed by atoms with Crippen molar-refractivity contribution in [1.82, 2.24) is 0 Å². The number of allylic oxidation sites excluding steroid dienone is 1. The first kappa shape index (κ1) is 26.7. The van der Waals surface area contributed by atoms with E-state index in [1.165, 1.54) is 30.3 Å². The largest absolute Gasteiger partial charge is 0.457 e. The highest BCUT2D eigenvalue weighted by Gasteiger charge is 2.57. The number of hydrogen-bond acceptors (Lipinski definition) is 5. The quantitative estimate of drug-likeness (QED) is 0.0991. The Morgan fingerprint density at radius 1 is 1.02 bits per heavy atom. The van der Waals surface area contributed by atoms with E-state index in [0.29, 0.717) is 41.2 Å². The molecule has 1 fully saturated rings. The first-order chi connectivity index (χ1) is 19.2. The first-order valence-electron chi connectivity index (χ1n) is 12.9. The van der Waals surface area contributed by atoms with Crippen LogP contribution in [0.5, 0.6) is 11.5 Å². The number of carbonyl (C=O) groups is 3. The molecule has 6 nitrogen and oxygen atoms in total. The average Bonchev–Trinajstić information content (AvgIpc) is 3.77. The highest BCUT2D eigenvalue weighted by Crippen LogP contribution is 2.48. The fraction of sp³-hybridized carbons (Fsp3) is 0.152. The van der Waals surface area contributed by atoms with Crippen molar-refractivity contribution in [3.05, 3.63) is 114 Å². The highest BCUT2D eigenvalue weighted by atomic mass is 19.1. The molecule has 0 bridgehead atoms. The molecule has 0 aromatic heterocycles. The standard InChI is InChI=1S/C33H27FN2O4/c1-3-29(37)26-19-22-5-4-6-30(27(22)17-20(26)2)40-25-13-11-24(12-14-25)36-32(39)33(15-16-33)31(38)28(35)18-21-7-9-23(34)10-8-21/h3-14,17,19,35H,1,15-16,18H2,2H3,(H,36,39). The Kier molecular flexibility index (Phi) is 7.13. The molecule has 0 radical (unpaired) electrons. The van der Waals surface area contributed by atoms with Crippen LogP contribution in [0.25, 0.3) is 10.8 Å². The number of amides is 1. The third kappa shape index (κ3) is 5.31. The van der Waals surface area contributed by atoms with Gasteiger partial charge >= 0.3 is 0 Å². The van der Waals surface area contributed by atoms with Gasteiger partial charge in [-0.2, -0.15) is 0 Å². The van der Waals surface area contributed by atoms with E-state index in [0.717, 1.165) is 16.3 Å². The summed E-state index contributed by atoms with van der Waals surface area (Å²) in [4.78, 5) is 38.2. The molecule has 7 heteroatoms. The van der Waals surface area contributed by atoms with Crippen LogP contribution in [-0.4, -0.2) is 23.2 Å². The Morgan fingerprint density at radius 3 is 2.38 bits per heavy atom. The smallest absolute Gasteiger partial charge is 0.238 e. The number of nitrogens with one attached hydrogen (secondary N) is 2. The summed E-state index contributed by atoms with van der Waals surface area (Å²) in [5, 5.41) is 12.8. The highest BCUT2D eigenvalue weighted by molar-refractivity contribution is 6.46. The number of rotatable bonds is 10. The molecule has 0 heterocycles. The second-order valence-electron chi connectivity index (χ2n) is 9.99. The molecule has 1 aliphatic carbocycles. The topological polar surface area (TPSA) is 96.3 Å². The predicted molar refractivity (Wildman–Crippen MR) is 153 cm³/mol. The van der Waals surface area contributed by atoms with Crippen molar-refractivity contribution in [3.63, 3.8) is 0 Å². The van der Waals surface area contributed by atoms with Crippen molar-refractivity contribution in [2.45, 2.75) is 26.2 Å². The molecule has 0 unspecified atom stereocenters. The molecule has 0 aliphatic heterocycles. The lowest BCUT2D eigenvalue weighted by Gasteiger charge is -2.16. The van der Waals surface area contributed by atoms with Gasteiger partial charge < -0.3 is 15.5 Å². The monoisotopic (exact) mass is 534 g/mol. The number of carbonyl (C=O) groups excluding carboxylic acids is 3. The SMILES string of the molecule is C=CC(=O)c1cc2cccc(Oc3ccc(NC(=O)C4(C(=O)C(=N)Cc5ccc(F)cc5)CC4)cc3)c2cc1C. The molecule has 2 N–H and O–H groups in total. The number of halogens is 1. The fourth-order valence-electron chi connectivity index (χ4n) is 4.71. The van der Waals surface area contributed by atoms with E-state index < -0.39 is 17.1 Å². The summed E-state index contributed by atoms with van der Waals surface area (Å²) in [5.74, 6) is -0.297. The van der Waals surface area contributed by atoms with Crippen molar-refractivity contribution in [2.24, 2.45) is 5.41 Å². The number of benzene rings is 4. The molecule has 0 saturated heterocycles. The minimum Gasteiger partial charge on any atom is -0.457 e. The molecule has 0 spiro atoms. The fourth-order valence-corrected chi connectivity index (χ4v) is 4.71. The first-order valence-corrected chi connectivity index (χ1v) is 12.9. The van der Waals surface area contributed by atoms with Gasteiger partial charge in [-0.15, -0.1) is 0 Å². The van der Waals surface area contributed by atoms with Gasteiger partial charge in [-0.3, -0.25) is 14.4 Å². The summed E-state index contributed by atoms with van der Waals surface area (Å²) < 4.78 is 19.3. The van der Waals surface area contributed by atoms with E-state index in [1.54, 1.807) is 24.3 Å². The van der Waals surface area contributed by atoms with Gasteiger partial charge in [0.1, 0.15) is 22.7 Å². The Bertz CT molecular complexity index is 1670. The summed E-state index contributed by atoms with van der Waals surface area (Å²) in [5.41, 5.74) is 1.15. The lowest BCUT2D eigenvalue weighted by molar-refractivity contribution is -0.129. The molecule has 1 saturated carbocycles. The van der Waals surface area contributed by atoms with E-state index in [4.69, 9.17) is 10.1 Å². The number of ketones is 2. The molecule has 1 amide bonds. The number of aryl methyl sites for hydroxylation is 1. The maximum atomic E-state index is 13.2. The molecular formula is C33H27FN2O4. The number of fused-ring (bicyclic) bond motifs is 1. The molecule has 40 heavy (non-hydrogen) atoms. The Balaban J connectivity index is 1.26. The maximum Gasteiger partial charge on any atom is 0.238 e. The van der Waals surface area contributed by atoms with Gasteiger partial charge in [-0.1, -0.05) is 30.8 Å². The molecule has 4 aromatic rings. The molecule has 0 atom stereocenters. The van der Waals surface area contributed by atoms with Crippen LogP contribution in [0.1, 0.15) is 34.3 Å². The van der Waals surface area contributed by atoms with Gasteiger partial charge in [0.25, 0.3) is 0 Å². The van der Waals surface area contributed by atoms with Crippen LogP contribution >= 0.6 is 0 Å². The normalized spacial score (nSPS) is 13.3.